The number of sulfonamides is 1. The van der Waals surface area contributed by atoms with Gasteiger partial charge >= 0.3 is 0 Å². The minimum atomic E-state index is -3.68. The van der Waals surface area contributed by atoms with Crippen LogP contribution < -0.4 is 4.72 Å². The van der Waals surface area contributed by atoms with Gasteiger partial charge in [-0.25, -0.2) is 8.42 Å². The number of benzene rings is 2. The third-order valence-corrected chi connectivity index (χ3v) is 5.41. The summed E-state index contributed by atoms with van der Waals surface area (Å²) in [7, 11) is -3.68. The minimum Gasteiger partial charge on any atom is -0.278 e. The summed E-state index contributed by atoms with van der Waals surface area (Å²) < 4.78 is 27.8. The zero-order valence-electron chi connectivity index (χ0n) is 10.9. The molecule has 6 heteroatoms. The SMILES string of the molecule is Cc1ccc(S(=O)(=O)Nc2cc(C)ccc2Cl)c(Br)c1. The van der Waals surface area contributed by atoms with E-state index in [1.165, 1.54) is 0 Å². The number of hydrogen-bond acceptors (Lipinski definition) is 2. The second-order valence-electron chi connectivity index (χ2n) is 4.52. The monoisotopic (exact) mass is 373 g/mol. The van der Waals surface area contributed by atoms with Crippen molar-refractivity contribution in [3.8, 4) is 0 Å². The van der Waals surface area contributed by atoms with Crippen LogP contribution in [0.25, 0.3) is 0 Å². The van der Waals surface area contributed by atoms with Crippen molar-refractivity contribution in [2.75, 3.05) is 4.72 Å². The summed E-state index contributed by atoms with van der Waals surface area (Å²) in [4.78, 5) is 0.181. The van der Waals surface area contributed by atoms with Crippen molar-refractivity contribution < 1.29 is 8.42 Å². The van der Waals surface area contributed by atoms with Gasteiger partial charge in [0.05, 0.1) is 10.7 Å². The fourth-order valence-electron chi connectivity index (χ4n) is 1.74. The molecule has 0 saturated carbocycles. The average Bonchev–Trinajstić information content (AvgIpc) is 2.33. The Morgan fingerprint density at radius 1 is 1.05 bits per heavy atom. The van der Waals surface area contributed by atoms with Crippen molar-refractivity contribution in [2.24, 2.45) is 0 Å². The Morgan fingerprint density at radius 3 is 2.30 bits per heavy atom. The van der Waals surface area contributed by atoms with E-state index < -0.39 is 10.0 Å². The molecule has 0 amide bonds. The molecule has 2 aromatic rings. The molecule has 3 nitrogen and oxygen atoms in total. The van der Waals surface area contributed by atoms with Gasteiger partial charge in [0, 0.05) is 4.47 Å². The lowest BCUT2D eigenvalue weighted by atomic mass is 10.2. The lowest BCUT2D eigenvalue weighted by Crippen LogP contribution is -2.14. The van der Waals surface area contributed by atoms with Gasteiger partial charge in [-0.05, 0) is 65.2 Å². The molecule has 0 fully saturated rings. The maximum Gasteiger partial charge on any atom is 0.263 e. The van der Waals surface area contributed by atoms with Gasteiger partial charge in [0.15, 0.2) is 0 Å². The number of anilines is 1. The molecule has 0 spiro atoms. The molecule has 1 N–H and O–H groups in total. The third-order valence-electron chi connectivity index (χ3n) is 2.74. The second-order valence-corrected chi connectivity index (χ2v) is 7.44. The fourth-order valence-corrected chi connectivity index (χ4v) is 4.23. The van der Waals surface area contributed by atoms with Crippen LogP contribution in [-0.2, 0) is 10.0 Å². The molecule has 0 aromatic heterocycles. The molecule has 0 aliphatic heterocycles. The van der Waals surface area contributed by atoms with Crippen LogP contribution in [-0.4, -0.2) is 8.42 Å². The summed E-state index contributed by atoms with van der Waals surface area (Å²) in [5.74, 6) is 0. The highest BCUT2D eigenvalue weighted by molar-refractivity contribution is 9.10. The van der Waals surface area contributed by atoms with Crippen LogP contribution >= 0.6 is 27.5 Å². The number of rotatable bonds is 3. The highest BCUT2D eigenvalue weighted by Crippen LogP contribution is 2.28. The molecular formula is C14H13BrClNO2S. The number of hydrogen-bond donors (Lipinski definition) is 1. The van der Waals surface area contributed by atoms with Crippen LogP contribution in [0.15, 0.2) is 45.8 Å². The van der Waals surface area contributed by atoms with E-state index in [-0.39, 0.29) is 4.90 Å². The van der Waals surface area contributed by atoms with Gasteiger partial charge < -0.3 is 0 Å². The molecule has 0 unspecified atom stereocenters. The molecule has 0 aliphatic carbocycles. The summed E-state index contributed by atoms with van der Waals surface area (Å²) in [5, 5.41) is 0.363. The van der Waals surface area contributed by atoms with E-state index in [1.807, 2.05) is 19.9 Å². The largest absolute Gasteiger partial charge is 0.278 e. The molecule has 2 aromatic carbocycles. The van der Waals surface area contributed by atoms with Crippen LogP contribution in [0.4, 0.5) is 5.69 Å². The van der Waals surface area contributed by atoms with E-state index >= 15 is 0 Å². The average molecular weight is 375 g/mol. The fraction of sp³-hybridized carbons (Fsp3) is 0.143. The van der Waals surface area contributed by atoms with Gasteiger partial charge in [-0.2, -0.15) is 0 Å². The van der Waals surface area contributed by atoms with E-state index in [4.69, 9.17) is 11.6 Å². The maximum absolute atomic E-state index is 12.4. The Bertz CT molecular complexity index is 760. The Labute approximate surface area is 132 Å². The van der Waals surface area contributed by atoms with Crippen LogP contribution in [0.2, 0.25) is 5.02 Å². The van der Waals surface area contributed by atoms with Gasteiger partial charge in [0.2, 0.25) is 0 Å². The van der Waals surface area contributed by atoms with E-state index in [1.54, 1.807) is 30.3 Å². The molecule has 2 rings (SSSR count). The van der Waals surface area contributed by atoms with Crippen LogP contribution in [0.5, 0.6) is 0 Å². The lowest BCUT2D eigenvalue weighted by Gasteiger charge is -2.12. The van der Waals surface area contributed by atoms with Crippen molar-refractivity contribution in [1.82, 2.24) is 0 Å². The normalized spacial score (nSPS) is 11.4. The summed E-state index contributed by atoms with van der Waals surface area (Å²) in [6.45, 7) is 3.77. The maximum atomic E-state index is 12.4. The Balaban J connectivity index is 2.43. The van der Waals surface area contributed by atoms with Crippen molar-refractivity contribution >= 4 is 43.2 Å². The van der Waals surface area contributed by atoms with Gasteiger partial charge in [-0.1, -0.05) is 23.7 Å². The standard InChI is InChI=1S/C14H13BrClNO2S/c1-9-4-6-14(11(15)7-9)20(18,19)17-13-8-10(2)3-5-12(13)16/h3-8,17H,1-2H3. The molecule has 0 atom stereocenters. The van der Waals surface area contributed by atoms with Gasteiger partial charge in [0.25, 0.3) is 10.0 Å². The Kier molecular flexibility index (Phi) is 4.42. The molecule has 0 bridgehead atoms. The summed E-state index contributed by atoms with van der Waals surface area (Å²) in [6.07, 6.45) is 0. The van der Waals surface area contributed by atoms with Crippen molar-refractivity contribution in [3.05, 3.63) is 57.0 Å². The zero-order valence-corrected chi connectivity index (χ0v) is 14.1. The molecule has 0 saturated heterocycles. The molecule has 0 aliphatic rings. The van der Waals surface area contributed by atoms with Crippen molar-refractivity contribution in [1.29, 1.82) is 0 Å². The molecule has 20 heavy (non-hydrogen) atoms. The van der Waals surface area contributed by atoms with E-state index in [2.05, 4.69) is 20.7 Å². The van der Waals surface area contributed by atoms with Crippen molar-refractivity contribution in [3.63, 3.8) is 0 Å². The first-order valence-corrected chi connectivity index (χ1v) is 8.50. The van der Waals surface area contributed by atoms with Crippen LogP contribution in [0.3, 0.4) is 0 Å². The van der Waals surface area contributed by atoms with Crippen LogP contribution in [0, 0.1) is 13.8 Å². The first kappa shape index (κ1) is 15.4. The highest BCUT2D eigenvalue weighted by atomic mass is 79.9. The van der Waals surface area contributed by atoms with Gasteiger partial charge in [-0.3, -0.25) is 4.72 Å². The molecule has 106 valence electrons. The van der Waals surface area contributed by atoms with E-state index in [9.17, 15) is 8.42 Å². The van der Waals surface area contributed by atoms with Gasteiger partial charge in [0.1, 0.15) is 4.90 Å². The number of halogens is 2. The molecular weight excluding hydrogens is 362 g/mol. The second kappa shape index (κ2) is 5.76. The molecule has 0 heterocycles. The highest BCUT2D eigenvalue weighted by Gasteiger charge is 2.18. The summed E-state index contributed by atoms with van der Waals surface area (Å²) in [6, 6.07) is 10.2. The zero-order chi connectivity index (χ0) is 14.9. The quantitative estimate of drug-likeness (QED) is 0.858. The molecule has 0 radical (unpaired) electrons. The first-order chi connectivity index (χ1) is 9.29. The summed E-state index contributed by atoms with van der Waals surface area (Å²) in [5.41, 5.74) is 2.28. The van der Waals surface area contributed by atoms with E-state index in [0.29, 0.717) is 15.2 Å². The lowest BCUT2D eigenvalue weighted by molar-refractivity contribution is 0.600. The minimum absolute atomic E-state index is 0.181. The summed E-state index contributed by atoms with van der Waals surface area (Å²) >= 11 is 9.29. The number of nitrogens with one attached hydrogen (secondary N) is 1. The van der Waals surface area contributed by atoms with E-state index in [0.717, 1.165) is 11.1 Å². The first-order valence-electron chi connectivity index (χ1n) is 5.85. The van der Waals surface area contributed by atoms with Crippen LogP contribution in [0.1, 0.15) is 11.1 Å². The predicted molar refractivity (Wildman–Crippen MR) is 85.9 cm³/mol. The predicted octanol–water partition coefficient (Wildman–Crippen LogP) is 4.52. The van der Waals surface area contributed by atoms with Gasteiger partial charge in [-0.15, -0.1) is 0 Å². The topological polar surface area (TPSA) is 46.2 Å². The third kappa shape index (κ3) is 3.34. The smallest absolute Gasteiger partial charge is 0.263 e. The van der Waals surface area contributed by atoms with Crippen molar-refractivity contribution in [2.45, 2.75) is 18.7 Å². The Hall–Kier alpha value is -1.04. The Morgan fingerprint density at radius 2 is 1.65 bits per heavy atom. The number of aryl methyl sites for hydroxylation is 2.